The van der Waals surface area contributed by atoms with E-state index < -0.39 is 17.3 Å². The summed E-state index contributed by atoms with van der Waals surface area (Å²) in [7, 11) is 0. The molecule has 4 heteroatoms. The zero-order valence-electron chi connectivity index (χ0n) is 6.42. The SMILES string of the molecule is NCCc1cc(O)c(O)c([18F])c1. The third kappa shape index (κ3) is 1.65. The van der Waals surface area contributed by atoms with Gasteiger partial charge in [-0.2, -0.15) is 0 Å². The molecule has 1 aromatic rings. The molecule has 0 aromatic heterocycles. The van der Waals surface area contributed by atoms with Crippen LogP contribution in [0, 0.1) is 5.82 Å². The van der Waals surface area contributed by atoms with Gasteiger partial charge in [-0.05, 0) is 30.7 Å². The van der Waals surface area contributed by atoms with E-state index in [-0.39, 0.29) is 0 Å². The van der Waals surface area contributed by atoms with Crippen LogP contribution in [-0.4, -0.2) is 16.8 Å². The monoisotopic (exact) mass is 170 g/mol. The largest absolute Gasteiger partial charge is 0.504 e. The zero-order chi connectivity index (χ0) is 9.14. The highest BCUT2D eigenvalue weighted by molar-refractivity contribution is 5.41. The molecule has 0 fully saturated rings. The average Bonchev–Trinajstić information content (AvgIpc) is 2.01. The second kappa shape index (κ2) is 3.40. The van der Waals surface area contributed by atoms with Crippen LogP contribution in [0.25, 0.3) is 0 Å². The molecule has 0 amide bonds. The Bertz CT molecular complexity index is 265. The minimum atomic E-state index is -0.821. The lowest BCUT2D eigenvalue weighted by Crippen LogP contribution is -2.02. The molecule has 0 spiro atoms. The van der Waals surface area contributed by atoms with E-state index in [2.05, 4.69) is 0 Å². The van der Waals surface area contributed by atoms with Crippen molar-refractivity contribution in [2.45, 2.75) is 6.42 Å². The summed E-state index contributed by atoms with van der Waals surface area (Å²) in [5.74, 6) is -1.98. The Labute approximate surface area is 69.3 Å². The molecule has 0 atom stereocenters. The second-order valence-electron chi connectivity index (χ2n) is 2.48. The van der Waals surface area contributed by atoms with E-state index in [4.69, 9.17) is 15.9 Å². The maximum atomic E-state index is 12.7. The van der Waals surface area contributed by atoms with Gasteiger partial charge in [0.15, 0.2) is 17.3 Å². The van der Waals surface area contributed by atoms with E-state index in [0.29, 0.717) is 18.5 Å². The van der Waals surface area contributed by atoms with Gasteiger partial charge in [-0.15, -0.1) is 0 Å². The highest BCUT2D eigenvalue weighted by atomic mass is 18.2. The standard InChI is InChI=1S/C8H10FNO2/c9-6-3-5(1-2-10)4-7(11)8(6)12/h3-4,11-12H,1-2,10H2/i9-1. The second-order valence-corrected chi connectivity index (χ2v) is 2.48. The van der Waals surface area contributed by atoms with Crippen molar-refractivity contribution in [1.29, 1.82) is 0 Å². The van der Waals surface area contributed by atoms with Crippen LogP contribution in [0.15, 0.2) is 12.1 Å². The molecule has 1 aromatic carbocycles. The first-order valence-electron chi connectivity index (χ1n) is 3.55. The number of benzene rings is 1. The number of hydrogen-bond donors (Lipinski definition) is 3. The predicted octanol–water partition coefficient (Wildman–Crippen LogP) is 0.738. The molecular formula is C8H10FNO2. The Hall–Kier alpha value is -1.29. The van der Waals surface area contributed by atoms with Crippen molar-refractivity contribution in [1.82, 2.24) is 0 Å². The lowest BCUT2D eigenvalue weighted by molar-refractivity contribution is 0.378. The number of phenols is 2. The van der Waals surface area contributed by atoms with Gasteiger partial charge in [-0.25, -0.2) is 4.39 Å². The molecule has 0 saturated carbocycles. The van der Waals surface area contributed by atoms with Gasteiger partial charge in [-0.3, -0.25) is 0 Å². The fourth-order valence-electron chi connectivity index (χ4n) is 0.950. The van der Waals surface area contributed by atoms with Crippen LogP contribution in [0.5, 0.6) is 11.5 Å². The summed E-state index contributed by atoms with van der Waals surface area (Å²) in [6.07, 6.45) is 0.477. The van der Waals surface area contributed by atoms with Gasteiger partial charge in [0.05, 0.1) is 0 Å². The molecule has 0 bridgehead atoms. The van der Waals surface area contributed by atoms with Crippen LogP contribution in [0.4, 0.5) is 4.39 Å². The third-order valence-corrected chi connectivity index (χ3v) is 1.54. The van der Waals surface area contributed by atoms with Gasteiger partial charge < -0.3 is 15.9 Å². The van der Waals surface area contributed by atoms with E-state index in [1.165, 1.54) is 6.07 Å². The smallest absolute Gasteiger partial charge is 0.194 e. The van der Waals surface area contributed by atoms with Crippen LogP contribution < -0.4 is 5.73 Å². The molecule has 4 N–H and O–H groups in total. The summed E-state index contributed by atoms with van der Waals surface area (Å²) in [6, 6.07) is 2.45. The molecule has 0 radical (unpaired) electrons. The van der Waals surface area contributed by atoms with Crippen LogP contribution in [0.3, 0.4) is 0 Å². The van der Waals surface area contributed by atoms with Gasteiger partial charge in [0.2, 0.25) is 0 Å². The summed E-state index contributed by atoms with van der Waals surface area (Å²) in [6.45, 7) is 0.379. The molecule has 0 aliphatic carbocycles. The lowest BCUT2D eigenvalue weighted by Gasteiger charge is -2.02. The first-order chi connectivity index (χ1) is 5.65. The van der Waals surface area contributed by atoms with Crippen LogP contribution in [0.1, 0.15) is 5.56 Å². The van der Waals surface area contributed by atoms with Crippen LogP contribution in [-0.2, 0) is 6.42 Å². The fraction of sp³-hybridized carbons (Fsp3) is 0.250. The van der Waals surface area contributed by atoms with E-state index >= 15 is 0 Å². The minimum absolute atomic E-state index is 0.379. The molecule has 12 heavy (non-hydrogen) atoms. The molecule has 0 unspecified atom stereocenters. The van der Waals surface area contributed by atoms with Crippen molar-refractivity contribution >= 4 is 0 Å². The minimum Gasteiger partial charge on any atom is -0.504 e. The zero-order valence-corrected chi connectivity index (χ0v) is 6.42. The molecule has 0 heterocycles. The van der Waals surface area contributed by atoms with E-state index in [0.717, 1.165) is 6.07 Å². The van der Waals surface area contributed by atoms with Crippen LogP contribution >= 0.6 is 0 Å². The van der Waals surface area contributed by atoms with E-state index in [1.807, 2.05) is 0 Å². The molecule has 0 aliphatic rings. The molecule has 1 rings (SSSR count). The molecule has 0 saturated heterocycles. The van der Waals surface area contributed by atoms with Crippen molar-refractivity contribution in [2.24, 2.45) is 5.73 Å². The quantitative estimate of drug-likeness (QED) is 0.573. The van der Waals surface area contributed by atoms with Gasteiger partial charge in [0, 0.05) is 0 Å². The Balaban J connectivity index is 3.04. The predicted molar refractivity (Wildman–Crippen MR) is 42.5 cm³/mol. The third-order valence-electron chi connectivity index (χ3n) is 1.54. The van der Waals surface area contributed by atoms with E-state index in [9.17, 15) is 4.39 Å². The van der Waals surface area contributed by atoms with E-state index in [1.54, 1.807) is 0 Å². The lowest BCUT2D eigenvalue weighted by atomic mass is 10.1. The highest BCUT2D eigenvalue weighted by Gasteiger charge is 2.07. The normalized spacial score (nSPS) is 10.2. The van der Waals surface area contributed by atoms with Crippen molar-refractivity contribution in [3.05, 3.63) is 23.5 Å². The summed E-state index contributed by atoms with van der Waals surface area (Å²) in [5.41, 5.74) is 5.81. The number of aromatic hydroxyl groups is 2. The Morgan fingerprint density at radius 2 is 2.00 bits per heavy atom. The van der Waals surface area contributed by atoms with Gasteiger partial charge in [0.1, 0.15) is 0 Å². The Kier molecular flexibility index (Phi) is 2.50. The summed E-state index contributed by atoms with van der Waals surface area (Å²) >= 11 is 0. The topological polar surface area (TPSA) is 66.5 Å². The fourth-order valence-corrected chi connectivity index (χ4v) is 0.950. The number of halogens is 1. The number of rotatable bonds is 2. The van der Waals surface area contributed by atoms with Crippen molar-refractivity contribution < 1.29 is 14.6 Å². The molecule has 66 valence electrons. The molecular weight excluding hydrogens is 160 g/mol. The van der Waals surface area contributed by atoms with Gasteiger partial charge in [0.25, 0.3) is 0 Å². The van der Waals surface area contributed by atoms with Crippen molar-refractivity contribution in [3.63, 3.8) is 0 Å². The first kappa shape index (κ1) is 8.80. The van der Waals surface area contributed by atoms with Gasteiger partial charge >= 0.3 is 0 Å². The number of phenolic OH excluding ortho intramolecular Hbond substituents is 2. The average molecular weight is 170 g/mol. The van der Waals surface area contributed by atoms with Gasteiger partial charge in [-0.1, -0.05) is 0 Å². The first-order valence-corrected chi connectivity index (χ1v) is 3.55. The maximum Gasteiger partial charge on any atom is 0.194 e. The Morgan fingerprint density at radius 3 is 2.50 bits per heavy atom. The van der Waals surface area contributed by atoms with Crippen molar-refractivity contribution in [3.8, 4) is 11.5 Å². The Morgan fingerprint density at radius 1 is 1.33 bits per heavy atom. The molecule has 0 aliphatic heterocycles. The van der Waals surface area contributed by atoms with Crippen molar-refractivity contribution in [2.75, 3.05) is 6.54 Å². The number of hydrogen-bond acceptors (Lipinski definition) is 3. The highest BCUT2D eigenvalue weighted by Crippen LogP contribution is 2.28. The number of nitrogens with two attached hydrogens (primary N) is 1. The molecule has 3 nitrogen and oxygen atoms in total. The summed E-state index contributed by atoms with van der Waals surface area (Å²) in [4.78, 5) is 0. The van der Waals surface area contributed by atoms with Crippen LogP contribution in [0.2, 0.25) is 0 Å². The summed E-state index contributed by atoms with van der Waals surface area (Å²) in [5, 5.41) is 17.8. The maximum absolute atomic E-state index is 12.7. The summed E-state index contributed by atoms with van der Waals surface area (Å²) < 4.78 is 12.7.